The molecule has 0 aliphatic heterocycles. The number of hydrogen-bond acceptors (Lipinski definition) is 5. The summed E-state index contributed by atoms with van der Waals surface area (Å²) in [7, 11) is -3.77. The van der Waals surface area contributed by atoms with Gasteiger partial charge in [-0.15, -0.1) is 0 Å². The van der Waals surface area contributed by atoms with Crippen LogP contribution < -0.4 is 10.6 Å². The summed E-state index contributed by atoms with van der Waals surface area (Å²) in [5.74, 6) is 0. The standard InChI is InChI=1S/C17H27ClNO5P/c1-11(2)23-25(21,24-12(3)4)15-13(18)9-8-10-14(15)19-16(20)22-17(5,6)7/h8-12H,1-7H3,(H,19,20). The highest BCUT2D eigenvalue weighted by molar-refractivity contribution is 7.63. The lowest BCUT2D eigenvalue weighted by Crippen LogP contribution is -2.29. The summed E-state index contributed by atoms with van der Waals surface area (Å²) in [4.78, 5) is 12.1. The first-order valence-corrected chi connectivity index (χ1v) is 10.0. The third-order valence-corrected chi connectivity index (χ3v) is 5.47. The maximum atomic E-state index is 13.4. The van der Waals surface area contributed by atoms with Gasteiger partial charge in [0.25, 0.3) is 0 Å². The molecule has 0 aromatic heterocycles. The van der Waals surface area contributed by atoms with E-state index in [1.54, 1.807) is 66.7 Å². The van der Waals surface area contributed by atoms with Crippen molar-refractivity contribution in [3.05, 3.63) is 23.2 Å². The third-order valence-electron chi connectivity index (χ3n) is 2.60. The van der Waals surface area contributed by atoms with Crippen molar-refractivity contribution in [2.24, 2.45) is 0 Å². The molecule has 0 unspecified atom stereocenters. The zero-order chi connectivity index (χ0) is 19.4. The lowest BCUT2D eigenvalue weighted by Gasteiger charge is -2.26. The first-order chi connectivity index (χ1) is 11.3. The second-order valence-corrected chi connectivity index (χ2v) is 9.34. The van der Waals surface area contributed by atoms with Gasteiger partial charge >= 0.3 is 13.7 Å². The van der Waals surface area contributed by atoms with E-state index in [2.05, 4.69) is 5.32 Å². The lowest BCUT2D eigenvalue weighted by atomic mass is 10.2. The smallest absolute Gasteiger partial charge is 0.412 e. The highest BCUT2D eigenvalue weighted by atomic mass is 35.5. The SMILES string of the molecule is CC(C)OP(=O)(OC(C)C)c1c(Cl)cccc1NC(=O)OC(C)(C)C. The summed E-state index contributed by atoms with van der Waals surface area (Å²) >= 11 is 6.27. The Morgan fingerprint density at radius 3 is 2.08 bits per heavy atom. The van der Waals surface area contributed by atoms with Gasteiger partial charge in [0.2, 0.25) is 0 Å². The van der Waals surface area contributed by atoms with Crippen LogP contribution in [0.2, 0.25) is 5.02 Å². The summed E-state index contributed by atoms with van der Waals surface area (Å²) in [5.41, 5.74) is -0.443. The van der Waals surface area contributed by atoms with E-state index in [1.165, 1.54) is 0 Å². The predicted molar refractivity (Wildman–Crippen MR) is 101 cm³/mol. The Morgan fingerprint density at radius 2 is 1.64 bits per heavy atom. The molecule has 0 atom stereocenters. The predicted octanol–water partition coefficient (Wildman–Crippen LogP) is 5.36. The van der Waals surface area contributed by atoms with Crippen LogP contribution in [0.25, 0.3) is 0 Å². The molecule has 0 saturated heterocycles. The molecule has 6 nitrogen and oxygen atoms in total. The molecule has 0 heterocycles. The van der Waals surface area contributed by atoms with Crippen LogP contribution in [0.4, 0.5) is 10.5 Å². The molecule has 1 N–H and O–H groups in total. The molecule has 1 amide bonds. The van der Waals surface area contributed by atoms with E-state index in [-0.39, 0.29) is 28.2 Å². The minimum absolute atomic E-state index is 0.116. The summed E-state index contributed by atoms with van der Waals surface area (Å²) < 4.78 is 29.9. The van der Waals surface area contributed by atoms with Crippen molar-refractivity contribution in [3.8, 4) is 0 Å². The Morgan fingerprint density at radius 1 is 1.12 bits per heavy atom. The van der Waals surface area contributed by atoms with Gasteiger partial charge < -0.3 is 13.8 Å². The molecule has 0 spiro atoms. The quantitative estimate of drug-likeness (QED) is 0.661. The Balaban J connectivity index is 3.32. The fourth-order valence-corrected chi connectivity index (χ4v) is 4.61. The topological polar surface area (TPSA) is 73.9 Å². The average molecular weight is 392 g/mol. The summed E-state index contributed by atoms with van der Waals surface area (Å²) in [6, 6.07) is 4.77. The van der Waals surface area contributed by atoms with E-state index in [1.807, 2.05) is 0 Å². The van der Waals surface area contributed by atoms with Gasteiger partial charge in [0.15, 0.2) is 0 Å². The van der Waals surface area contributed by atoms with Crippen LogP contribution >= 0.6 is 19.2 Å². The molecule has 142 valence electrons. The fourth-order valence-electron chi connectivity index (χ4n) is 1.99. The van der Waals surface area contributed by atoms with Gasteiger partial charge in [0.05, 0.1) is 22.9 Å². The molecule has 0 bridgehead atoms. The number of ether oxygens (including phenoxy) is 1. The van der Waals surface area contributed by atoms with Crippen LogP contribution in [-0.2, 0) is 18.3 Å². The monoisotopic (exact) mass is 391 g/mol. The summed E-state index contributed by atoms with van der Waals surface area (Å²) in [5, 5.41) is 2.88. The maximum Gasteiger partial charge on any atom is 0.412 e. The Labute approximate surface area is 154 Å². The molecular weight excluding hydrogens is 365 g/mol. The zero-order valence-corrected chi connectivity index (χ0v) is 17.4. The largest absolute Gasteiger partial charge is 0.444 e. The number of benzene rings is 1. The zero-order valence-electron chi connectivity index (χ0n) is 15.8. The van der Waals surface area contributed by atoms with Crippen LogP contribution in [0.1, 0.15) is 48.5 Å². The number of amides is 1. The number of anilines is 1. The van der Waals surface area contributed by atoms with Crippen molar-refractivity contribution in [1.29, 1.82) is 0 Å². The Hall–Kier alpha value is -1.07. The molecule has 0 saturated carbocycles. The van der Waals surface area contributed by atoms with Crippen LogP contribution in [-0.4, -0.2) is 23.9 Å². The number of nitrogens with one attached hydrogen (secondary N) is 1. The second kappa shape index (κ2) is 8.54. The number of halogens is 1. The van der Waals surface area contributed by atoms with Gasteiger partial charge in [-0.05, 0) is 60.6 Å². The number of carbonyl (C=O) groups excluding carboxylic acids is 1. The van der Waals surface area contributed by atoms with Gasteiger partial charge in [0.1, 0.15) is 10.9 Å². The normalized spacial score (nSPS) is 12.6. The first kappa shape index (κ1) is 22.0. The van der Waals surface area contributed by atoms with Gasteiger partial charge in [0, 0.05) is 0 Å². The van der Waals surface area contributed by atoms with Crippen LogP contribution in [0.3, 0.4) is 0 Å². The Bertz CT molecular complexity index is 641. The molecule has 0 aliphatic rings. The van der Waals surface area contributed by atoms with E-state index in [0.29, 0.717) is 0 Å². The summed E-state index contributed by atoms with van der Waals surface area (Å²) in [6.45, 7) is 12.2. The minimum Gasteiger partial charge on any atom is -0.444 e. The van der Waals surface area contributed by atoms with Gasteiger partial charge in [-0.2, -0.15) is 0 Å². The molecule has 8 heteroatoms. The molecule has 0 fully saturated rings. The van der Waals surface area contributed by atoms with E-state index in [0.717, 1.165) is 0 Å². The minimum atomic E-state index is -3.77. The fraction of sp³-hybridized carbons (Fsp3) is 0.588. The summed E-state index contributed by atoms with van der Waals surface area (Å²) in [6.07, 6.45) is -1.41. The molecule has 0 aliphatic carbocycles. The maximum absolute atomic E-state index is 13.4. The van der Waals surface area contributed by atoms with E-state index < -0.39 is 19.3 Å². The van der Waals surface area contributed by atoms with E-state index in [9.17, 15) is 9.36 Å². The first-order valence-electron chi connectivity index (χ1n) is 8.10. The van der Waals surface area contributed by atoms with Gasteiger partial charge in [-0.25, -0.2) is 4.79 Å². The van der Waals surface area contributed by atoms with Crippen molar-refractivity contribution in [1.82, 2.24) is 0 Å². The molecule has 1 rings (SSSR count). The van der Waals surface area contributed by atoms with Crippen LogP contribution in [0.15, 0.2) is 18.2 Å². The van der Waals surface area contributed by atoms with Crippen molar-refractivity contribution >= 4 is 36.3 Å². The molecular formula is C17H27ClNO5P. The average Bonchev–Trinajstić information content (AvgIpc) is 2.33. The highest BCUT2D eigenvalue weighted by Crippen LogP contribution is 2.52. The molecule has 1 aromatic rings. The van der Waals surface area contributed by atoms with Crippen molar-refractivity contribution in [2.75, 3.05) is 5.32 Å². The molecule has 25 heavy (non-hydrogen) atoms. The highest BCUT2D eigenvalue weighted by Gasteiger charge is 2.36. The second-order valence-electron chi connectivity index (χ2n) is 7.07. The van der Waals surface area contributed by atoms with Gasteiger partial charge in [-0.1, -0.05) is 17.7 Å². The number of rotatable bonds is 6. The molecule has 0 radical (unpaired) electrons. The van der Waals surface area contributed by atoms with E-state index in [4.69, 9.17) is 25.4 Å². The van der Waals surface area contributed by atoms with E-state index >= 15 is 0 Å². The number of hydrogen-bond donors (Lipinski definition) is 1. The van der Waals surface area contributed by atoms with Crippen molar-refractivity contribution < 1.29 is 23.1 Å². The van der Waals surface area contributed by atoms with Gasteiger partial charge in [-0.3, -0.25) is 9.88 Å². The van der Waals surface area contributed by atoms with Crippen LogP contribution in [0, 0.1) is 0 Å². The van der Waals surface area contributed by atoms with Crippen LogP contribution in [0.5, 0.6) is 0 Å². The lowest BCUT2D eigenvalue weighted by molar-refractivity contribution is 0.0636. The third kappa shape index (κ3) is 6.98. The number of carbonyl (C=O) groups is 1. The van der Waals surface area contributed by atoms with Crippen molar-refractivity contribution in [3.63, 3.8) is 0 Å². The Kier molecular flexibility index (Phi) is 7.51. The van der Waals surface area contributed by atoms with Crippen molar-refractivity contribution in [2.45, 2.75) is 66.3 Å². The molecule has 1 aromatic carbocycles.